The second-order valence-electron chi connectivity index (χ2n) is 2.96. The standard InChI is InChI=1S/C8H17NO6S/c1-14-5-6-15-4-3-9-16(12,13)7-2-8(10)11/h9H,2-7H2,1H3,(H,10,11). The molecule has 0 aromatic rings. The van der Waals surface area contributed by atoms with E-state index in [-0.39, 0.29) is 13.2 Å². The van der Waals surface area contributed by atoms with Gasteiger partial charge in [-0.05, 0) is 0 Å². The molecule has 0 spiro atoms. The van der Waals surface area contributed by atoms with Gasteiger partial charge in [0.1, 0.15) is 0 Å². The largest absolute Gasteiger partial charge is 0.481 e. The highest BCUT2D eigenvalue weighted by atomic mass is 32.2. The van der Waals surface area contributed by atoms with E-state index in [2.05, 4.69) is 4.72 Å². The fraction of sp³-hybridized carbons (Fsp3) is 0.875. The lowest BCUT2D eigenvalue weighted by Crippen LogP contribution is -2.30. The summed E-state index contributed by atoms with van der Waals surface area (Å²) in [5.74, 6) is -1.55. The number of sulfonamides is 1. The van der Waals surface area contributed by atoms with Crippen molar-refractivity contribution in [2.24, 2.45) is 0 Å². The van der Waals surface area contributed by atoms with Gasteiger partial charge in [0.2, 0.25) is 10.0 Å². The fourth-order valence-electron chi connectivity index (χ4n) is 0.808. The third-order valence-corrected chi connectivity index (χ3v) is 2.97. The summed E-state index contributed by atoms with van der Waals surface area (Å²) in [6, 6.07) is 0. The first kappa shape index (κ1) is 15.3. The SMILES string of the molecule is COCCOCCNS(=O)(=O)CCC(=O)O. The summed E-state index contributed by atoms with van der Waals surface area (Å²) in [7, 11) is -1.97. The minimum atomic E-state index is -3.51. The van der Waals surface area contributed by atoms with Gasteiger partial charge < -0.3 is 14.6 Å². The molecule has 0 saturated carbocycles. The van der Waals surface area contributed by atoms with Crippen molar-refractivity contribution in [1.82, 2.24) is 4.72 Å². The van der Waals surface area contributed by atoms with Gasteiger partial charge >= 0.3 is 5.97 Å². The molecule has 0 atom stereocenters. The van der Waals surface area contributed by atoms with Crippen LogP contribution in [0.1, 0.15) is 6.42 Å². The number of carbonyl (C=O) groups is 1. The maximum absolute atomic E-state index is 11.2. The summed E-state index contributed by atoms with van der Waals surface area (Å²) < 4.78 is 34.3. The molecule has 0 aliphatic heterocycles. The predicted molar refractivity (Wildman–Crippen MR) is 56.7 cm³/mol. The molecule has 96 valence electrons. The third kappa shape index (κ3) is 9.84. The van der Waals surface area contributed by atoms with Crippen molar-refractivity contribution < 1.29 is 27.8 Å². The van der Waals surface area contributed by atoms with E-state index < -0.39 is 28.2 Å². The minimum Gasteiger partial charge on any atom is -0.481 e. The lowest BCUT2D eigenvalue weighted by atomic mass is 10.5. The first-order valence-corrected chi connectivity index (χ1v) is 6.39. The van der Waals surface area contributed by atoms with Crippen LogP contribution in [-0.4, -0.2) is 58.7 Å². The molecule has 0 heterocycles. The molecule has 0 aromatic carbocycles. The maximum atomic E-state index is 11.2. The van der Waals surface area contributed by atoms with Crippen molar-refractivity contribution in [2.45, 2.75) is 6.42 Å². The average Bonchev–Trinajstić information content (AvgIpc) is 2.21. The molecular formula is C8H17NO6S. The van der Waals surface area contributed by atoms with Crippen molar-refractivity contribution >= 4 is 16.0 Å². The van der Waals surface area contributed by atoms with Crippen molar-refractivity contribution in [2.75, 3.05) is 39.2 Å². The van der Waals surface area contributed by atoms with E-state index in [1.807, 2.05) is 0 Å². The van der Waals surface area contributed by atoms with Gasteiger partial charge in [-0.2, -0.15) is 0 Å². The Hall–Kier alpha value is -0.700. The molecule has 0 aromatic heterocycles. The zero-order valence-corrected chi connectivity index (χ0v) is 9.96. The number of carboxylic acids is 1. The first-order chi connectivity index (χ1) is 7.48. The monoisotopic (exact) mass is 255 g/mol. The summed E-state index contributed by atoms with van der Waals surface area (Å²) in [4.78, 5) is 10.2. The molecule has 7 nitrogen and oxygen atoms in total. The van der Waals surface area contributed by atoms with E-state index in [1.54, 1.807) is 0 Å². The molecule has 0 bridgehead atoms. The van der Waals surface area contributed by atoms with E-state index in [4.69, 9.17) is 14.6 Å². The Morgan fingerprint density at radius 1 is 1.31 bits per heavy atom. The Kier molecular flexibility index (Phi) is 8.08. The molecule has 8 heteroatoms. The van der Waals surface area contributed by atoms with Crippen LogP contribution in [-0.2, 0) is 24.3 Å². The van der Waals surface area contributed by atoms with Gasteiger partial charge in [-0.3, -0.25) is 4.79 Å². The lowest BCUT2D eigenvalue weighted by Gasteiger charge is -2.06. The second kappa shape index (κ2) is 8.45. The topological polar surface area (TPSA) is 102 Å². The molecule has 16 heavy (non-hydrogen) atoms. The highest BCUT2D eigenvalue weighted by molar-refractivity contribution is 7.89. The van der Waals surface area contributed by atoms with E-state index in [0.717, 1.165) is 0 Å². The van der Waals surface area contributed by atoms with Crippen LogP contribution in [0.15, 0.2) is 0 Å². The Morgan fingerprint density at radius 3 is 2.56 bits per heavy atom. The summed E-state index contributed by atoms with van der Waals surface area (Å²) in [6.07, 6.45) is -0.403. The normalized spacial score (nSPS) is 11.6. The average molecular weight is 255 g/mol. The van der Waals surface area contributed by atoms with E-state index in [1.165, 1.54) is 7.11 Å². The fourth-order valence-corrected chi connectivity index (χ4v) is 1.79. The zero-order chi connectivity index (χ0) is 12.4. The molecule has 0 aliphatic carbocycles. The van der Waals surface area contributed by atoms with Crippen LogP contribution in [0.4, 0.5) is 0 Å². The molecule has 2 N–H and O–H groups in total. The number of hydrogen-bond acceptors (Lipinski definition) is 5. The van der Waals surface area contributed by atoms with Crippen LogP contribution in [0.3, 0.4) is 0 Å². The molecule has 0 amide bonds. The number of rotatable bonds is 10. The van der Waals surface area contributed by atoms with Gasteiger partial charge in [-0.25, -0.2) is 13.1 Å². The highest BCUT2D eigenvalue weighted by Crippen LogP contribution is 1.89. The summed E-state index contributed by atoms with van der Waals surface area (Å²) in [6.45, 7) is 1.21. The minimum absolute atomic E-state index is 0.131. The zero-order valence-electron chi connectivity index (χ0n) is 9.14. The second-order valence-corrected chi connectivity index (χ2v) is 4.89. The summed E-state index contributed by atoms with van der Waals surface area (Å²) in [5.41, 5.74) is 0. The van der Waals surface area contributed by atoms with Crippen molar-refractivity contribution in [3.8, 4) is 0 Å². The van der Waals surface area contributed by atoms with E-state index in [0.29, 0.717) is 13.2 Å². The van der Waals surface area contributed by atoms with Gasteiger partial charge in [-0.1, -0.05) is 0 Å². The molecule has 0 radical (unpaired) electrons. The molecule has 0 rings (SSSR count). The third-order valence-electron chi connectivity index (χ3n) is 1.58. The van der Waals surface area contributed by atoms with Gasteiger partial charge in [0.15, 0.2) is 0 Å². The first-order valence-electron chi connectivity index (χ1n) is 4.74. The van der Waals surface area contributed by atoms with Crippen LogP contribution < -0.4 is 4.72 Å². The van der Waals surface area contributed by atoms with Gasteiger partial charge in [0.25, 0.3) is 0 Å². The number of methoxy groups -OCH3 is 1. The van der Waals surface area contributed by atoms with Gasteiger partial charge in [0.05, 0.1) is 32.0 Å². The molecule has 0 unspecified atom stereocenters. The van der Waals surface area contributed by atoms with Crippen LogP contribution >= 0.6 is 0 Å². The lowest BCUT2D eigenvalue weighted by molar-refractivity contribution is -0.136. The van der Waals surface area contributed by atoms with E-state index >= 15 is 0 Å². The van der Waals surface area contributed by atoms with Gasteiger partial charge in [0, 0.05) is 13.7 Å². The van der Waals surface area contributed by atoms with Crippen LogP contribution in [0.2, 0.25) is 0 Å². The van der Waals surface area contributed by atoms with Crippen LogP contribution in [0.5, 0.6) is 0 Å². The molecule has 0 aliphatic rings. The number of aliphatic carboxylic acids is 1. The van der Waals surface area contributed by atoms with Gasteiger partial charge in [-0.15, -0.1) is 0 Å². The summed E-state index contributed by atoms with van der Waals surface area (Å²) in [5, 5.41) is 8.31. The van der Waals surface area contributed by atoms with Crippen LogP contribution in [0, 0.1) is 0 Å². The Bertz CT molecular complexity index is 289. The highest BCUT2D eigenvalue weighted by Gasteiger charge is 2.11. The van der Waals surface area contributed by atoms with Crippen molar-refractivity contribution in [3.05, 3.63) is 0 Å². The Labute approximate surface area is 94.8 Å². The number of carboxylic acid groups (broad SMARTS) is 1. The van der Waals surface area contributed by atoms with E-state index in [9.17, 15) is 13.2 Å². The number of hydrogen-bond donors (Lipinski definition) is 2. The quantitative estimate of drug-likeness (QED) is 0.488. The van der Waals surface area contributed by atoms with Crippen LogP contribution in [0.25, 0.3) is 0 Å². The maximum Gasteiger partial charge on any atom is 0.304 e. The summed E-state index contributed by atoms with van der Waals surface area (Å²) >= 11 is 0. The predicted octanol–water partition coefficient (Wildman–Crippen LogP) is -0.956. The smallest absolute Gasteiger partial charge is 0.304 e. The molecule has 0 saturated heterocycles. The van der Waals surface area contributed by atoms with Crippen molar-refractivity contribution in [3.63, 3.8) is 0 Å². The Balaban J connectivity index is 3.55. The number of nitrogens with one attached hydrogen (secondary N) is 1. The number of ether oxygens (including phenoxy) is 2. The Morgan fingerprint density at radius 2 is 2.00 bits per heavy atom. The molecule has 0 fully saturated rings. The van der Waals surface area contributed by atoms with Crippen molar-refractivity contribution in [1.29, 1.82) is 0 Å². The molecular weight excluding hydrogens is 238 g/mol.